The number of halogens is 3. The van der Waals surface area contributed by atoms with Crippen LogP contribution >= 0.6 is 0 Å². The second-order valence-corrected chi connectivity index (χ2v) is 3.50. The summed E-state index contributed by atoms with van der Waals surface area (Å²) in [5.41, 5.74) is 5.50. The van der Waals surface area contributed by atoms with Crippen molar-refractivity contribution in [2.45, 2.75) is 25.2 Å². The molecule has 0 saturated carbocycles. The van der Waals surface area contributed by atoms with Crippen molar-refractivity contribution in [3.63, 3.8) is 0 Å². The van der Waals surface area contributed by atoms with Crippen LogP contribution < -0.4 is 5.73 Å². The molecule has 0 aliphatic carbocycles. The Balaban J connectivity index is 2.36. The molecule has 0 aromatic heterocycles. The van der Waals surface area contributed by atoms with E-state index in [1.165, 1.54) is 0 Å². The van der Waals surface area contributed by atoms with Crippen LogP contribution in [0.3, 0.4) is 0 Å². The van der Waals surface area contributed by atoms with Gasteiger partial charge in [0.15, 0.2) is 0 Å². The summed E-state index contributed by atoms with van der Waals surface area (Å²) in [4.78, 5) is 11.1. The van der Waals surface area contributed by atoms with Crippen molar-refractivity contribution in [1.29, 1.82) is 0 Å². The van der Waals surface area contributed by atoms with Crippen LogP contribution in [0.1, 0.15) is 12.0 Å². The highest BCUT2D eigenvalue weighted by Gasteiger charge is 2.38. The zero-order valence-corrected chi connectivity index (χ0v) is 8.91. The first-order valence-electron chi connectivity index (χ1n) is 4.91. The Morgan fingerprint density at radius 3 is 2.41 bits per heavy atom. The molecule has 6 heteroatoms. The maximum Gasteiger partial charge on any atom is 0.404 e. The van der Waals surface area contributed by atoms with Crippen molar-refractivity contribution in [3.8, 4) is 0 Å². The molecule has 0 amide bonds. The third kappa shape index (κ3) is 4.86. The highest BCUT2D eigenvalue weighted by molar-refractivity contribution is 5.70. The molecule has 0 fully saturated rings. The zero-order chi connectivity index (χ0) is 12.9. The first kappa shape index (κ1) is 13.5. The van der Waals surface area contributed by atoms with Gasteiger partial charge in [0.2, 0.25) is 0 Å². The molecule has 1 aromatic rings. The molecular weight excluding hydrogens is 235 g/mol. The van der Waals surface area contributed by atoms with E-state index in [-0.39, 0.29) is 6.61 Å². The summed E-state index contributed by atoms with van der Waals surface area (Å²) in [6.07, 6.45) is -5.44. The van der Waals surface area contributed by atoms with Crippen LogP contribution in [0.25, 0.3) is 0 Å². The zero-order valence-electron chi connectivity index (χ0n) is 8.91. The highest BCUT2D eigenvalue weighted by Crippen LogP contribution is 2.20. The number of nitrogens with two attached hydrogens (primary N) is 1. The molecule has 0 spiro atoms. The van der Waals surface area contributed by atoms with Crippen molar-refractivity contribution >= 4 is 5.97 Å². The SMILES string of the molecule is N[C@@H](CC(=O)OCc1ccccc1)C(F)(F)F. The van der Waals surface area contributed by atoms with E-state index in [0.29, 0.717) is 5.56 Å². The van der Waals surface area contributed by atoms with E-state index in [0.717, 1.165) is 0 Å². The van der Waals surface area contributed by atoms with Gasteiger partial charge >= 0.3 is 12.1 Å². The van der Waals surface area contributed by atoms with Gasteiger partial charge in [0.1, 0.15) is 12.6 Å². The predicted molar refractivity (Wildman–Crippen MR) is 54.9 cm³/mol. The van der Waals surface area contributed by atoms with E-state index in [9.17, 15) is 18.0 Å². The fraction of sp³-hybridized carbons (Fsp3) is 0.364. The number of esters is 1. The summed E-state index contributed by atoms with van der Waals surface area (Å²) in [7, 11) is 0. The lowest BCUT2D eigenvalue weighted by atomic mass is 10.2. The molecule has 0 aliphatic rings. The lowest BCUT2D eigenvalue weighted by Crippen LogP contribution is -2.39. The van der Waals surface area contributed by atoms with E-state index in [1.807, 2.05) is 0 Å². The standard InChI is InChI=1S/C11H12F3NO2/c12-11(13,14)9(15)6-10(16)17-7-8-4-2-1-3-5-8/h1-5,9H,6-7,15H2/t9-/m0/s1. The van der Waals surface area contributed by atoms with Crippen LogP contribution in [0, 0.1) is 0 Å². The summed E-state index contributed by atoms with van der Waals surface area (Å²) >= 11 is 0. The van der Waals surface area contributed by atoms with E-state index in [2.05, 4.69) is 4.74 Å². The van der Waals surface area contributed by atoms with Gasteiger partial charge in [-0.25, -0.2) is 0 Å². The van der Waals surface area contributed by atoms with E-state index in [1.54, 1.807) is 30.3 Å². The molecule has 0 radical (unpaired) electrons. The summed E-state index contributed by atoms with van der Waals surface area (Å²) in [5.74, 6) is -0.960. The maximum atomic E-state index is 12.0. The van der Waals surface area contributed by atoms with Gasteiger partial charge in [-0.05, 0) is 5.56 Å². The van der Waals surface area contributed by atoms with Crippen LogP contribution in [-0.4, -0.2) is 18.2 Å². The molecule has 3 nitrogen and oxygen atoms in total. The van der Waals surface area contributed by atoms with Crippen molar-refractivity contribution in [1.82, 2.24) is 0 Å². The van der Waals surface area contributed by atoms with Crippen molar-refractivity contribution in [3.05, 3.63) is 35.9 Å². The predicted octanol–water partition coefficient (Wildman–Crippen LogP) is 2.01. The Morgan fingerprint density at radius 1 is 1.29 bits per heavy atom. The molecule has 1 rings (SSSR count). The number of carbonyl (C=O) groups is 1. The van der Waals surface area contributed by atoms with Crippen LogP contribution in [0.15, 0.2) is 30.3 Å². The molecule has 0 bridgehead atoms. The molecule has 0 unspecified atom stereocenters. The molecule has 0 heterocycles. The van der Waals surface area contributed by atoms with Gasteiger partial charge in [0.25, 0.3) is 0 Å². The molecule has 94 valence electrons. The Hall–Kier alpha value is -1.56. The number of hydrogen-bond acceptors (Lipinski definition) is 3. The second-order valence-electron chi connectivity index (χ2n) is 3.50. The Bertz CT molecular complexity index is 365. The molecule has 1 atom stereocenters. The number of ether oxygens (including phenoxy) is 1. The quantitative estimate of drug-likeness (QED) is 0.828. The number of benzene rings is 1. The van der Waals surface area contributed by atoms with Gasteiger partial charge in [-0.2, -0.15) is 13.2 Å². The molecule has 2 N–H and O–H groups in total. The van der Waals surface area contributed by atoms with Gasteiger partial charge in [-0.1, -0.05) is 30.3 Å². The molecular formula is C11H12F3NO2. The summed E-state index contributed by atoms with van der Waals surface area (Å²) in [6, 6.07) is 6.50. The maximum absolute atomic E-state index is 12.0. The van der Waals surface area contributed by atoms with Gasteiger partial charge in [-0.15, -0.1) is 0 Å². The van der Waals surface area contributed by atoms with E-state index >= 15 is 0 Å². The second kappa shape index (κ2) is 5.67. The average molecular weight is 247 g/mol. The van der Waals surface area contributed by atoms with Crippen LogP contribution in [0.4, 0.5) is 13.2 Å². The number of carbonyl (C=O) groups excluding carboxylic acids is 1. The summed E-state index contributed by atoms with van der Waals surface area (Å²) in [6.45, 7) is -0.0513. The lowest BCUT2D eigenvalue weighted by molar-refractivity contribution is -0.165. The van der Waals surface area contributed by atoms with E-state index in [4.69, 9.17) is 5.73 Å². The van der Waals surface area contributed by atoms with Gasteiger partial charge in [0, 0.05) is 0 Å². The van der Waals surface area contributed by atoms with Crippen LogP contribution in [0.5, 0.6) is 0 Å². The fourth-order valence-corrected chi connectivity index (χ4v) is 1.09. The Kier molecular flexibility index (Phi) is 4.51. The lowest BCUT2D eigenvalue weighted by Gasteiger charge is -2.14. The van der Waals surface area contributed by atoms with Crippen molar-refractivity contribution < 1.29 is 22.7 Å². The normalized spacial score (nSPS) is 13.2. The monoisotopic (exact) mass is 247 g/mol. The minimum absolute atomic E-state index is 0.0513. The Morgan fingerprint density at radius 2 is 1.88 bits per heavy atom. The minimum Gasteiger partial charge on any atom is -0.461 e. The smallest absolute Gasteiger partial charge is 0.404 e. The van der Waals surface area contributed by atoms with Crippen LogP contribution in [0.2, 0.25) is 0 Å². The third-order valence-electron chi connectivity index (χ3n) is 2.05. The average Bonchev–Trinajstić information content (AvgIpc) is 2.26. The molecule has 0 saturated heterocycles. The van der Waals surface area contributed by atoms with Gasteiger partial charge < -0.3 is 10.5 Å². The van der Waals surface area contributed by atoms with E-state index < -0.39 is 24.6 Å². The molecule has 1 aromatic carbocycles. The van der Waals surface area contributed by atoms with Crippen molar-refractivity contribution in [2.24, 2.45) is 5.73 Å². The summed E-state index contributed by atoms with van der Waals surface area (Å²) < 4.78 is 40.8. The minimum atomic E-state index is -4.58. The molecule has 0 aliphatic heterocycles. The third-order valence-corrected chi connectivity index (χ3v) is 2.05. The Labute approximate surface area is 96.4 Å². The summed E-state index contributed by atoms with van der Waals surface area (Å²) in [5, 5.41) is 0. The fourth-order valence-electron chi connectivity index (χ4n) is 1.09. The molecule has 17 heavy (non-hydrogen) atoms. The number of hydrogen-bond donors (Lipinski definition) is 1. The van der Waals surface area contributed by atoms with Gasteiger partial charge in [-0.3, -0.25) is 4.79 Å². The first-order valence-corrected chi connectivity index (χ1v) is 4.91. The number of rotatable bonds is 4. The van der Waals surface area contributed by atoms with Crippen LogP contribution in [-0.2, 0) is 16.1 Å². The topological polar surface area (TPSA) is 52.3 Å². The van der Waals surface area contributed by atoms with Gasteiger partial charge in [0.05, 0.1) is 6.42 Å². The first-order chi connectivity index (χ1) is 7.89. The highest BCUT2D eigenvalue weighted by atomic mass is 19.4. The van der Waals surface area contributed by atoms with Crippen molar-refractivity contribution in [2.75, 3.05) is 0 Å². The number of alkyl halides is 3. The largest absolute Gasteiger partial charge is 0.461 e.